The molecule has 97 heavy (non-hydrogen) atoms. The SMILES string of the molecule is CCCCCCCCCCCCCCC(=O)OC[C@H](COP(=O)(O)OC[C@H](O)COP(=O)(O)OC[C@@H](COC(=O)CCCCCCCCCCCCCCC(C)C)OC(=O)CCCCCCCCCCCCCCC(C)C)OC(=O)CCCCCCCCCCCCCCC(C)C. The molecule has 0 saturated carbocycles. The molecule has 0 rings (SSSR count). The van der Waals surface area contributed by atoms with Gasteiger partial charge in [-0.2, -0.15) is 0 Å². The summed E-state index contributed by atoms with van der Waals surface area (Å²) < 4.78 is 68.6. The van der Waals surface area contributed by atoms with Gasteiger partial charge in [-0.05, 0) is 43.4 Å². The van der Waals surface area contributed by atoms with Crippen molar-refractivity contribution in [1.82, 2.24) is 0 Å². The van der Waals surface area contributed by atoms with Crippen LogP contribution in [0.5, 0.6) is 0 Å². The van der Waals surface area contributed by atoms with E-state index in [-0.39, 0.29) is 25.7 Å². The average molecular weight is 1420 g/mol. The van der Waals surface area contributed by atoms with Gasteiger partial charge < -0.3 is 33.8 Å². The zero-order chi connectivity index (χ0) is 71.6. The quantitative estimate of drug-likeness (QED) is 0.0222. The molecule has 0 amide bonds. The Balaban J connectivity index is 5.27. The van der Waals surface area contributed by atoms with Crippen molar-refractivity contribution in [2.75, 3.05) is 39.6 Å². The molecule has 0 bridgehead atoms. The Morgan fingerprint density at radius 3 is 0.701 bits per heavy atom. The highest BCUT2D eigenvalue weighted by molar-refractivity contribution is 7.47. The summed E-state index contributed by atoms with van der Waals surface area (Å²) in [4.78, 5) is 72.9. The zero-order valence-corrected chi connectivity index (χ0v) is 65.3. The number of phosphoric acid groups is 2. The monoisotopic (exact) mass is 1420 g/mol. The molecule has 5 atom stereocenters. The van der Waals surface area contributed by atoms with Gasteiger partial charge in [0, 0.05) is 25.7 Å². The topological polar surface area (TPSA) is 237 Å². The summed E-state index contributed by atoms with van der Waals surface area (Å²) in [5.74, 6) is 0.223. The maximum atomic E-state index is 13.1. The second kappa shape index (κ2) is 68.5. The number of unbranched alkanes of at least 4 members (excludes halogenated alkanes) is 44. The van der Waals surface area contributed by atoms with Crippen LogP contribution in [0.15, 0.2) is 0 Å². The third-order valence-electron chi connectivity index (χ3n) is 18.1. The molecular weight excluding hydrogens is 1270 g/mol. The highest BCUT2D eigenvalue weighted by Crippen LogP contribution is 2.45. The molecule has 0 aromatic carbocycles. The number of aliphatic hydroxyl groups is 1. The first kappa shape index (κ1) is 95.1. The van der Waals surface area contributed by atoms with Gasteiger partial charge in [0.1, 0.15) is 19.3 Å². The minimum atomic E-state index is -4.96. The molecular formula is C78H152O17P2. The van der Waals surface area contributed by atoms with Crippen molar-refractivity contribution in [1.29, 1.82) is 0 Å². The number of hydrogen-bond donors (Lipinski definition) is 3. The highest BCUT2D eigenvalue weighted by atomic mass is 31.2. The van der Waals surface area contributed by atoms with Crippen LogP contribution in [0.2, 0.25) is 0 Å². The van der Waals surface area contributed by atoms with Crippen LogP contribution in [0, 0.1) is 17.8 Å². The predicted octanol–water partition coefficient (Wildman–Crippen LogP) is 23.0. The smallest absolute Gasteiger partial charge is 0.462 e. The van der Waals surface area contributed by atoms with Gasteiger partial charge in [0.2, 0.25) is 0 Å². The van der Waals surface area contributed by atoms with E-state index in [1.807, 2.05) is 0 Å². The first-order chi connectivity index (χ1) is 46.7. The standard InChI is InChI=1S/C78H152O17P2/c1-8-9-10-11-12-13-14-24-31-38-45-52-59-75(80)88-65-73(94-77(82)61-54-47-40-33-26-19-16-22-29-36-43-50-57-70(4)5)67-92-96(84,85)90-63-72(79)64-91-97(86,87)93-68-74(95-78(83)62-55-48-41-34-27-20-17-23-30-37-44-51-58-71(6)7)66-89-76(81)60-53-46-39-32-25-18-15-21-28-35-42-49-56-69(2)3/h69-74,79H,8-68H2,1-7H3,(H,84,85)(H,86,87)/t72-,73+,74+/m0/s1. The Morgan fingerprint density at radius 1 is 0.278 bits per heavy atom. The van der Waals surface area contributed by atoms with Gasteiger partial charge in [0.15, 0.2) is 12.2 Å². The Kier molecular flexibility index (Phi) is 67.1. The number of phosphoric ester groups is 2. The van der Waals surface area contributed by atoms with E-state index in [1.165, 1.54) is 212 Å². The van der Waals surface area contributed by atoms with Gasteiger partial charge in [-0.15, -0.1) is 0 Å². The molecule has 2 unspecified atom stereocenters. The van der Waals surface area contributed by atoms with E-state index in [4.69, 9.17) is 37.0 Å². The fourth-order valence-electron chi connectivity index (χ4n) is 12.0. The number of aliphatic hydroxyl groups excluding tert-OH is 1. The number of carbonyl (C=O) groups is 4. The van der Waals surface area contributed by atoms with E-state index in [1.54, 1.807) is 0 Å². The van der Waals surface area contributed by atoms with E-state index in [0.29, 0.717) is 25.7 Å². The number of ether oxygens (including phenoxy) is 4. The fourth-order valence-corrected chi connectivity index (χ4v) is 13.5. The normalized spacial score (nSPS) is 14.0. The lowest BCUT2D eigenvalue weighted by atomic mass is 10.0. The molecule has 0 heterocycles. The first-order valence-electron chi connectivity index (χ1n) is 40.3. The molecule has 0 aliphatic rings. The molecule has 0 aromatic rings. The minimum Gasteiger partial charge on any atom is -0.462 e. The van der Waals surface area contributed by atoms with Crippen LogP contribution < -0.4 is 0 Å². The fraction of sp³-hybridized carbons (Fsp3) is 0.949. The summed E-state index contributed by atoms with van der Waals surface area (Å²) in [6.07, 6.45) is 55.3. The summed E-state index contributed by atoms with van der Waals surface area (Å²) in [6.45, 7) is 12.0. The first-order valence-corrected chi connectivity index (χ1v) is 43.3. The summed E-state index contributed by atoms with van der Waals surface area (Å²) in [7, 11) is -9.92. The summed E-state index contributed by atoms with van der Waals surface area (Å²) >= 11 is 0. The lowest BCUT2D eigenvalue weighted by molar-refractivity contribution is -0.161. The van der Waals surface area contributed by atoms with Crippen LogP contribution in [-0.2, 0) is 65.4 Å². The van der Waals surface area contributed by atoms with Crippen molar-refractivity contribution < 1.29 is 80.2 Å². The maximum Gasteiger partial charge on any atom is 0.472 e. The van der Waals surface area contributed by atoms with Gasteiger partial charge in [-0.1, -0.05) is 350 Å². The number of carbonyl (C=O) groups excluding carboxylic acids is 4. The van der Waals surface area contributed by atoms with Gasteiger partial charge >= 0.3 is 39.5 Å². The number of rotatable bonds is 76. The third-order valence-corrected chi connectivity index (χ3v) is 20.0. The van der Waals surface area contributed by atoms with Crippen molar-refractivity contribution >= 4 is 39.5 Å². The largest absolute Gasteiger partial charge is 0.472 e. The van der Waals surface area contributed by atoms with Crippen LogP contribution in [0.4, 0.5) is 0 Å². The van der Waals surface area contributed by atoms with Gasteiger partial charge in [0.05, 0.1) is 26.4 Å². The van der Waals surface area contributed by atoms with Crippen LogP contribution >= 0.6 is 15.6 Å². The Labute approximate surface area is 594 Å². The van der Waals surface area contributed by atoms with Gasteiger partial charge in [-0.3, -0.25) is 37.3 Å². The molecule has 19 heteroatoms. The van der Waals surface area contributed by atoms with Crippen LogP contribution in [-0.4, -0.2) is 96.7 Å². The number of esters is 4. The molecule has 3 N–H and O–H groups in total. The zero-order valence-electron chi connectivity index (χ0n) is 63.5. The average Bonchev–Trinajstić information content (AvgIpc) is 3.77. The number of hydrogen-bond acceptors (Lipinski definition) is 15. The van der Waals surface area contributed by atoms with Gasteiger partial charge in [-0.25, -0.2) is 9.13 Å². The molecule has 0 aliphatic carbocycles. The molecule has 17 nitrogen and oxygen atoms in total. The predicted molar refractivity (Wildman–Crippen MR) is 395 cm³/mol. The van der Waals surface area contributed by atoms with Crippen LogP contribution in [0.1, 0.15) is 402 Å². The summed E-state index contributed by atoms with van der Waals surface area (Å²) in [6, 6.07) is 0. The van der Waals surface area contributed by atoms with E-state index in [9.17, 15) is 43.2 Å². The lowest BCUT2D eigenvalue weighted by Gasteiger charge is -2.21. The van der Waals surface area contributed by atoms with Crippen molar-refractivity contribution in [2.24, 2.45) is 17.8 Å². The second-order valence-corrected chi connectivity index (χ2v) is 32.4. The lowest BCUT2D eigenvalue weighted by Crippen LogP contribution is -2.30. The molecule has 0 radical (unpaired) electrons. The van der Waals surface area contributed by atoms with E-state index in [2.05, 4.69) is 48.5 Å². The molecule has 0 saturated heterocycles. The van der Waals surface area contributed by atoms with Crippen molar-refractivity contribution in [3.8, 4) is 0 Å². The third kappa shape index (κ3) is 72.2. The molecule has 576 valence electrons. The minimum absolute atomic E-state index is 0.107. The van der Waals surface area contributed by atoms with Crippen molar-refractivity contribution in [3.63, 3.8) is 0 Å². The van der Waals surface area contributed by atoms with Crippen molar-refractivity contribution in [3.05, 3.63) is 0 Å². The van der Waals surface area contributed by atoms with Crippen molar-refractivity contribution in [2.45, 2.75) is 420 Å². The maximum absolute atomic E-state index is 13.1. The molecule has 0 spiro atoms. The highest BCUT2D eigenvalue weighted by Gasteiger charge is 2.30. The van der Waals surface area contributed by atoms with Crippen LogP contribution in [0.3, 0.4) is 0 Å². The molecule has 0 aliphatic heterocycles. The van der Waals surface area contributed by atoms with Gasteiger partial charge in [0.25, 0.3) is 0 Å². The van der Waals surface area contributed by atoms with E-state index < -0.39 is 97.5 Å². The van der Waals surface area contributed by atoms with E-state index in [0.717, 1.165) is 108 Å². The Morgan fingerprint density at radius 2 is 0.474 bits per heavy atom. The second-order valence-electron chi connectivity index (χ2n) is 29.5. The summed E-state index contributed by atoms with van der Waals surface area (Å²) in [5.41, 5.74) is 0. The Hall–Kier alpha value is -1.94. The van der Waals surface area contributed by atoms with Crippen LogP contribution in [0.25, 0.3) is 0 Å². The Bertz CT molecular complexity index is 1890. The molecule has 0 fully saturated rings. The summed E-state index contributed by atoms with van der Waals surface area (Å²) in [5, 5.41) is 10.6. The van der Waals surface area contributed by atoms with E-state index >= 15 is 0 Å². The molecule has 0 aromatic heterocycles.